The zero-order valence-corrected chi connectivity index (χ0v) is 10.1. The van der Waals surface area contributed by atoms with E-state index in [-0.39, 0.29) is 23.9 Å². The molecule has 1 aliphatic heterocycles. The Balaban J connectivity index is 2.03. The molecule has 1 saturated heterocycles. The summed E-state index contributed by atoms with van der Waals surface area (Å²) in [6.45, 7) is 3.81. The molecule has 4 nitrogen and oxygen atoms in total. The minimum atomic E-state index is -0.349. The van der Waals surface area contributed by atoms with Crippen molar-refractivity contribution >= 4 is 11.6 Å². The Morgan fingerprint density at radius 3 is 2.82 bits per heavy atom. The number of hydrogen-bond acceptors (Lipinski definition) is 3. The molecule has 2 unspecified atom stereocenters. The number of ether oxygens (including phenoxy) is 1. The van der Waals surface area contributed by atoms with Gasteiger partial charge in [0, 0.05) is 5.69 Å². The summed E-state index contributed by atoms with van der Waals surface area (Å²) in [6, 6.07) is 4.87. The highest BCUT2D eigenvalue weighted by molar-refractivity contribution is 5.95. The number of phenolic OH excluding ortho intramolecular Hbond substituents is 1. The van der Waals surface area contributed by atoms with E-state index >= 15 is 0 Å². The molecule has 0 aliphatic carbocycles. The fourth-order valence-corrected chi connectivity index (χ4v) is 2.00. The number of nitrogens with one attached hydrogen (secondary N) is 1. The first-order valence-corrected chi connectivity index (χ1v) is 5.82. The number of carbonyl (C=O) groups excluding carboxylic acids is 1. The summed E-state index contributed by atoms with van der Waals surface area (Å²) in [6.07, 6.45) is 1.50. The third kappa shape index (κ3) is 2.77. The van der Waals surface area contributed by atoms with Crippen molar-refractivity contribution in [3.05, 3.63) is 23.8 Å². The Morgan fingerprint density at radius 2 is 2.24 bits per heavy atom. The van der Waals surface area contributed by atoms with E-state index in [0.29, 0.717) is 0 Å². The second kappa shape index (κ2) is 4.75. The largest absolute Gasteiger partial charge is 0.508 e. The number of rotatable bonds is 2. The molecule has 1 heterocycles. The maximum Gasteiger partial charge on any atom is 0.253 e. The molecule has 0 aromatic heterocycles. The first kappa shape index (κ1) is 11.9. The SMILES string of the molecule is Cc1cc(O)ccc1NC(=O)C1CCC(C)O1. The van der Waals surface area contributed by atoms with Crippen LogP contribution >= 0.6 is 0 Å². The third-order valence-corrected chi connectivity index (χ3v) is 2.99. The molecule has 2 rings (SSSR count). The monoisotopic (exact) mass is 235 g/mol. The van der Waals surface area contributed by atoms with Crippen LogP contribution in [0.3, 0.4) is 0 Å². The van der Waals surface area contributed by atoms with Crippen LogP contribution in [0.2, 0.25) is 0 Å². The van der Waals surface area contributed by atoms with E-state index in [9.17, 15) is 9.90 Å². The molecule has 0 radical (unpaired) electrons. The zero-order chi connectivity index (χ0) is 12.4. The molecule has 0 spiro atoms. The van der Waals surface area contributed by atoms with E-state index in [0.717, 1.165) is 24.1 Å². The van der Waals surface area contributed by atoms with Crippen LogP contribution in [-0.2, 0) is 9.53 Å². The standard InChI is InChI=1S/C13H17NO3/c1-8-7-10(15)4-5-11(8)14-13(16)12-6-3-9(2)17-12/h4-5,7,9,12,15H,3,6H2,1-2H3,(H,14,16). The van der Waals surface area contributed by atoms with Gasteiger partial charge in [0.25, 0.3) is 5.91 Å². The lowest BCUT2D eigenvalue weighted by molar-refractivity contribution is -0.126. The second-order valence-corrected chi connectivity index (χ2v) is 4.50. The van der Waals surface area contributed by atoms with Gasteiger partial charge < -0.3 is 15.2 Å². The van der Waals surface area contributed by atoms with E-state index in [1.165, 1.54) is 0 Å². The van der Waals surface area contributed by atoms with Crippen molar-refractivity contribution in [3.8, 4) is 5.75 Å². The van der Waals surface area contributed by atoms with Crippen LogP contribution in [0.15, 0.2) is 18.2 Å². The molecule has 1 aliphatic rings. The fourth-order valence-electron chi connectivity index (χ4n) is 2.00. The van der Waals surface area contributed by atoms with Gasteiger partial charge in [-0.1, -0.05) is 0 Å². The van der Waals surface area contributed by atoms with Crippen LogP contribution in [-0.4, -0.2) is 23.2 Å². The van der Waals surface area contributed by atoms with Gasteiger partial charge in [-0.3, -0.25) is 4.79 Å². The van der Waals surface area contributed by atoms with E-state index < -0.39 is 0 Å². The van der Waals surface area contributed by atoms with Crippen molar-refractivity contribution in [2.75, 3.05) is 5.32 Å². The number of carbonyl (C=O) groups is 1. The van der Waals surface area contributed by atoms with E-state index in [1.807, 2.05) is 13.8 Å². The normalized spacial score (nSPS) is 23.6. The highest BCUT2D eigenvalue weighted by atomic mass is 16.5. The lowest BCUT2D eigenvalue weighted by atomic mass is 10.1. The molecule has 1 fully saturated rings. The molecular formula is C13H17NO3. The molecule has 1 aromatic carbocycles. The average Bonchev–Trinajstić information content (AvgIpc) is 2.69. The van der Waals surface area contributed by atoms with Crippen molar-refractivity contribution in [1.29, 1.82) is 0 Å². The number of benzene rings is 1. The maximum absolute atomic E-state index is 11.9. The van der Waals surface area contributed by atoms with Crippen LogP contribution in [0.5, 0.6) is 5.75 Å². The molecule has 4 heteroatoms. The summed E-state index contributed by atoms with van der Waals surface area (Å²) in [5.74, 6) is 0.0920. The molecule has 2 N–H and O–H groups in total. The Hall–Kier alpha value is -1.55. The van der Waals surface area contributed by atoms with Crippen molar-refractivity contribution in [2.45, 2.75) is 38.9 Å². The summed E-state index contributed by atoms with van der Waals surface area (Å²) in [5, 5.41) is 12.1. The van der Waals surface area contributed by atoms with Crippen molar-refractivity contribution in [2.24, 2.45) is 0 Å². The minimum Gasteiger partial charge on any atom is -0.508 e. The van der Waals surface area contributed by atoms with Gasteiger partial charge in [0.1, 0.15) is 11.9 Å². The highest BCUT2D eigenvalue weighted by Gasteiger charge is 2.28. The molecule has 1 amide bonds. The molecule has 2 atom stereocenters. The fraction of sp³-hybridized carbons (Fsp3) is 0.462. The Kier molecular flexibility index (Phi) is 3.33. The van der Waals surface area contributed by atoms with Crippen LogP contribution in [0, 0.1) is 6.92 Å². The topological polar surface area (TPSA) is 58.6 Å². The predicted octanol–water partition coefficient (Wildman–Crippen LogP) is 2.21. The number of hydrogen-bond donors (Lipinski definition) is 2. The minimum absolute atomic E-state index is 0.108. The van der Waals surface area contributed by atoms with Crippen LogP contribution in [0.1, 0.15) is 25.3 Å². The van der Waals surface area contributed by atoms with E-state index in [2.05, 4.69) is 5.32 Å². The summed E-state index contributed by atoms with van der Waals surface area (Å²) in [4.78, 5) is 11.9. The van der Waals surface area contributed by atoms with E-state index in [1.54, 1.807) is 18.2 Å². The molecule has 0 bridgehead atoms. The van der Waals surface area contributed by atoms with Crippen LogP contribution < -0.4 is 5.32 Å². The highest BCUT2D eigenvalue weighted by Crippen LogP contribution is 2.23. The summed E-state index contributed by atoms with van der Waals surface area (Å²) >= 11 is 0. The summed E-state index contributed by atoms with van der Waals surface area (Å²) in [7, 11) is 0. The Bertz CT molecular complexity index is 431. The smallest absolute Gasteiger partial charge is 0.253 e. The third-order valence-electron chi connectivity index (χ3n) is 2.99. The Morgan fingerprint density at radius 1 is 1.47 bits per heavy atom. The van der Waals surface area contributed by atoms with Gasteiger partial charge in [-0.15, -0.1) is 0 Å². The lowest BCUT2D eigenvalue weighted by Gasteiger charge is -2.13. The van der Waals surface area contributed by atoms with Gasteiger partial charge in [-0.05, 0) is 50.5 Å². The van der Waals surface area contributed by atoms with Gasteiger partial charge in [0.15, 0.2) is 0 Å². The quantitative estimate of drug-likeness (QED) is 0.773. The molecule has 92 valence electrons. The van der Waals surface area contributed by atoms with Gasteiger partial charge in [-0.25, -0.2) is 0 Å². The van der Waals surface area contributed by atoms with Crippen molar-refractivity contribution in [1.82, 2.24) is 0 Å². The first-order chi connectivity index (χ1) is 8.06. The number of aromatic hydroxyl groups is 1. The Labute approximate surface area is 101 Å². The summed E-state index contributed by atoms with van der Waals surface area (Å²) in [5.41, 5.74) is 1.56. The van der Waals surface area contributed by atoms with Gasteiger partial charge in [-0.2, -0.15) is 0 Å². The number of anilines is 1. The van der Waals surface area contributed by atoms with Gasteiger partial charge >= 0.3 is 0 Å². The zero-order valence-electron chi connectivity index (χ0n) is 10.1. The van der Waals surface area contributed by atoms with Crippen LogP contribution in [0.25, 0.3) is 0 Å². The number of aryl methyl sites for hydroxylation is 1. The summed E-state index contributed by atoms with van der Waals surface area (Å²) < 4.78 is 5.50. The van der Waals surface area contributed by atoms with Crippen molar-refractivity contribution in [3.63, 3.8) is 0 Å². The second-order valence-electron chi connectivity index (χ2n) is 4.50. The molecule has 1 aromatic rings. The molecule has 17 heavy (non-hydrogen) atoms. The average molecular weight is 235 g/mol. The predicted molar refractivity (Wildman–Crippen MR) is 65.0 cm³/mol. The molecular weight excluding hydrogens is 218 g/mol. The number of phenols is 1. The first-order valence-electron chi connectivity index (χ1n) is 5.82. The lowest BCUT2D eigenvalue weighted by Crippen LogP contribution is -2.27. The van der Waals surface area contributed by atoms with Crippen LogP contribution in [0.4, 0.5) is 5.69 Å². The van der Waals surface area contributed by atoms with Gasteiger partial charge in [0.05, 0.1) is 6.10 Å². The van der Waals surface area contributed by atoms with Crippen molar-refractivity contribution < 1.29 is 14.6 Å². The molecule has 0 saturated carbocycles. The number of amides is 1. The van der Waals surface area contributed by atoms with Gasteiger partial charge in [0.2, 0.25) is 0 Å². The van der Waals surface area contributed by atoms with E-state index in [4.69, 9.17) is 4.74 Å². The maximum atomic E-state index is 11.9.